The van der Waals surface area contributed by atoms with Gasteiger partial charge >= 0.3 is 0 Å². The highest BCUT2D eigenvalue weighted by atomic mass is 16.5. The summed E-state index contributed by atoms with van der Waals surface area (Å²) < 4.78 is 10.7. The van der Waals surface area contributed by atoms with Crippen molar-refractivity contribution in [2.75, 3.05) is 47.9 Å². The molecule has 0 aromatic heterocycles. The van der Waals surface area contributed by atoms with Gasteiger partial charge in [-0.1, -0.05) is 0 Å². The van der Waals surface area contributed by atoms with Crippen LogP contribution in [0, 0.1) is 0 Å². The third-order valence-corrected chi connectivity index (χ3v) is 4.24. The van der Waals surface area contributed by atoms with Crippen LogP contribution in [0.15, 0.2) is 12.1 Å². The zero-order valence-corrected chi connectivity index (χ0v) is 14.7. The Morgan fingerprint density at radius 1 is 1.21 bits per heavy atom. The average molecular weight is 335 g/mol. The lowest BCUT2D eigenvalue weighted by molar-refractivity contribution is -0.135. The van der Waals surface area contributed by atoms with E-state index < -0.39 is 0 Å². The van der Waals surface area contributed by atoms with Gasteiger partial charge in [-0.3, -0.25) is 14.5 Å². The first-order valence-corrected chi connectivity index (χ1v) is 7.89. The van der Waals surface area contributed by atoms with Gasteiger partial charge in [0.05, 0.1) is 27.3 Å². The van der Waals surface area contributed by atoms with Crippen LogP contribution in [0.5, 0.6) is 11.5 Å². The van der Waals surface area contributed by atoms with Crippen molar-refractivity contribution in [3.63, 3.8) is 0 Å². The Hall–Kier alpha value is -2.28. The second-order valence-electron chi connectivity index (χ2n) is 5.86. The van der Waals surface area contributed by atoms with Gasteiger partial charge in [-0.15, -0.1) is 0 Å². The highest BCUT2D eigenvalue weighted by Gasteiger charge is 2.22. The Labute approximate surface area is 142 Å². The summed E-state index contributed by atoms with van der Waals surface area (Å²) in [5.41, 5.74) is 2.36. The summed E-state index contributed by atoms with van der Waals surface area (Å²) in [4.78, 5) is 27.2. The lowest BCUT2D eigenvalue weighted by Gasteiger charge is -2.30. The fourth-order valence-electron chi connectivity index (χ4n) is 2.77. The van der Waals surface area contributed by atoms with Crippen molar-refractivity contribution < 1.29 is 19.1 Å². The second kappa shape index (κ2) is 8.01. The molecule has 7 nitrogen and oxygen atoms in total. The third-order valence-electron chi connectivity index (χ3n) is 4.24. The first-order chi connectivity index (χ1) is 11.5. The molecule has 1 aliphatic rings. The maximum atomic E-state index is 12.3. The number of rotatable bonds is 6. The Balaban J connectivity index is 2.02. The first kappa shape index (κ1) is 18.1. The van der Waals surface area contributed by atoms with Crippen LogP contribution in [0.1, 0.15) is 11.1 Å². The molecule has 2 amide bonds. The number of carbonyl (C=O) groups excluding carboxylic acids is 2. The number of hydrogen-bond donors (Lipinski definition) is 1. The topological polar surface area (TPSA) is 71.1 Å². The standard InChI is InChI=1S/C17H25N3O4/c1-18-16(21)10-19(2)17(22)11-20-6-5-12-7-14(23-3)15(24-4)8-13(12)9-20/h7-8H,5-6,9-11H2,1-4H3,(H,18,21). The maximum Gasteiger partial charge on any atom is 0.239 e. The van der Waals surface area contributed by atoms with Crippen molar-refractivity contribution in [3.05, 3.63) is 23.3 Å². The van der Waals surface area contributed by atoms with E-state index in [1.165, 1.54) is 10.5 Å². The van der Waals surface area contributed by atoms with Gasteiger partial charge in [0.25, 0.3) is 0 Å². The van der Waals surface area contributed by atoms with Crippen LogP contribution < -0.4 is 14.8 Å². The van der Waals surface area contributed by atoms with Crippen LogP contribution >= 0.6 is 0 Å². The molecule has 0 saturated carbocycles. The van der Waals surface area contributed by atoms with Crippen molar-refractivity contribution in [2.24, 2.45) is 0 Å². The van der Waals surface area contributed by atoms with Gasteiger partial charge in [-0.2, -0.15) is 0 Å². The van der Waals surface area contributed by atoms with Crippen LogP contribution in [0.25, 0.3) is 0 Å². The number of methoxy groups -OCH3 is 2. The molecular weight excluding hydrogens is 310 g/mol. The molecule has 1 aromatic rings. The van der Waals surface area contributed by atoms with Crippen molar-refractivity contribution in [1.82, 2.24) is 15.1 Å². The molecule has 2 rings (SSSR count). The molecule has 0 atom stereocenters. The van der Waals surface area contributed by atoms with Crippen LogP contribution in [0.3, 0.4) is 0 Å². The lowest BCUT2D eigenvalue weighted by Crippen LogP contribution is -2.43. The largest absolute Gasteiger partial charge is 0.493 e. The van der Waals surface area contributed by atoms with Gasteiger partial charge in [-0.25, -0.2) is 0 Å². The maximum absolute atomic E-state index is 12.3. The fourth-order valence-corrected chi connectivity index (χ4v) is 2.77. The van der Waals surface area contributed by atoms with E-state index in [-0.39, 0.29) is 18.4 Å². The number of benzene rings is 1. The summed E-state index contributed by atoms with van der Waals surface area (Å²) in [5.74, 6) is 1.18. The smallest absolute Gasteiger partial charge is 0.239 e. The lowest BCUT2D eigenvalue weighted by atomic mass is 9.99. The van der Waals surface area contributed by atoms with Gasteiger partial charge < -0.3 is 19.7 Å². The quantitative estimate of drug-likeness (QED) is 0.808. The van der Waals surface area contributed by atoms with E-state index in [9.17, 15) is 9.59 Å². The molecule has 0 unspecified atom stereocenters. The van der Waals surface area contributed by atoms with E-state index in [0.717, 1.165) is 24.3 Å². The minimum atomic E-state index is -0.174. The normalized spacial score (nSPS) is 13.8. The molecule has 0 aliphatic carbocycles. The van der Waals surface area contributed by atoms with Gasteiger partial charge in [-0.05, 0) is 29.7 Å². The van der Waals surface area contributed by atoms with Crippen molar-refractivity contribution in [2.45, 2.75) is 13.0 Å². The monoisotopic (exact) mass is 335 g/mol. The van der Waals surface area contributed by atoms with Crippen molar-refractivity contribution in [1.29, 1.82) is 0 Å². The molecule has 7 heteroatoms. The van der Waals surface area contributed by atoms with Crippen LogP contribution in [-0.2, 0) is 22.6 Å². The molecule has 132 valence electrons. The molecule has 0 radical (unpaired) electrons. The molecule has 0 bridgehead atoms. The Morgan fingerprint density at radius 3 is 2.42 bits per heavy atom. The van der Waals surface area contributed by atoms with Crippen molar-refractivity contribution >= 4 is 11.8 Å². The molecule has 1 heterocycles. The molecule has 0 spiro atoms. The van der Waals surface area contributed by atoms with E-state index in [0.29, 0.717) is 18.8 Å². The van der Waals surface area contributed by atoms with Gasteiger partial charge in [0.1, 0.15) is 0 Å². The van der Waals surface area contributed by atoms with Crippen molar-refractivity contribution in [3.8, 4) is 11.5 Å². The van der Waals surface area contributed by atoms with Gasteiger partial charge in [0, 0.05) is 27.2 Å². The first-order valence-electron chi connectivity index (χ1n) is 7.89. The molecule has 1 aromatic carbocycles. The summed E-state index contributed by atoms with van der Waals surface area (Å²) in [6, 6.07) is 3.98. The Bertz CT molecular complexity index is 618. The van der Waals surface area contributed by atoms with Gasteiger partial charge in [0.2, 0.25) is 11.8 Å². The van der Waals surface area contributed by atoms with E-state index in [2.05, 4.69) is 10.2 Å². The minimum absolute atomic E-state index is 0.0671. The fraction of sp³-hybridized carbons (Fsp3) is 0.529. The summed E-state index contributed by atoms with van der Waals surface area (Å²) in [7, 11) is 6.44. The van der Waals surface area contributed by atoms with Crippen LogP contribution in [0.2, 0.25) is 0 Å². The molecule has 1 N–H and O–H groups in total. The van der Waals surface area contributed by atoms with E-state index in [1.54, 1.807) is 28.3 Å². The summed E-state index contributed by atoms with van der Waals surface area (Å²) in [5, 5.41) is 2.52. The van der Waals surface area contributed by atoms with E-state index >= 15 is 0 Å². The molecule has 1 aliphatic heterocycles. The highest BCUT2D eigenvalue weighted by Crippen LogP contribution is 2.33. The number of nitrogens with one attached hydrogen (secondary N) is 1. The summed E-state index contributed by atoms with van der Waals surface area (Å²) >= 11 is 0. The molecule has 0 fully saturated rings. The third kappa shape index (κ3) is 4.17. The summed E-state index contributed by atoms with van der Waals surface area (Å²) in [6.45, 7) is 1.84. The molecule has 24 heavy (non-hydrogen) atoms. The second-order valence-corrected chi connectivity index (χ2v) is 5.86. The average Bonchev–Trinajstić information content (AvgIpc) is 2.59. The number of fused-ring (bicyclic) bond motifs is 1. The van der Waals surface area contributed by atoms with E-state index in [1.807, 2.05) is 12.1 Å². The van der Waals surface area contributed by atoms with Crippen LogP contribution in [-0.4, -0.2) is 69.6 Å². The number of likely N-dealkylation sites (N-methyl/N-ethyl adjacent to an activating group) is 2. The Kier molecular flexibility index (Phi) is 6.03. The molecular formula is C17H25N3O4. The summed E-state index contributed by atoms with van der Waals surface area (Å²) in [6.07, 6.45) is 0.849. The zero-order chi connectivity index (χ0) is 17.7. The number of hydrogen-bond acceptors (Lipinski definition) is 5. The minimum Gasteiger partial charge on any atom is -0.493 e. The highest BCUT2D eigenvalue weighted by molar-refractivity contribution is 5.85. The Morgan fingerprint density at radius 2 is 1.83 bits per heavy atom. The number of nitrogens with zero attached hydrogens (tertiary/aromatic N) is 2. The SMILES string of the molecule is CNC(=O)CN(C)C(=O)CN1CCc2cc(OC)c(OC)cc2C1. The predicted octanol–water partition coefficient (Wildman–Crippen LogP) is 0.266. The number of carbonyl (C=O) groups is 2. The predicted molar refractivity (Wildman–Crippen MR) is 90.2 cm³/mol. The molecule has 0 saturated heterocycles. The number of ether oxygens (including phenoxy) is 2. The van der Waals surface area contributed by atoms with E-state index in [4.69, 9.17) is 9.47 Å². The van der Waals surface area contributed by atoms with Gasteiger partial charge in [0.15, 0.2) is 11.5 Å². The number of amides is 2. The zero-order valence-electron chi connectivity index (χ0n) is 14.7. The van der Waals surface area contributed by atoms with Crippen LogP contribution in [0.4, 0.5) is 0 Å².